The van der Waals surface area contributed by atoms with Gasteiger partial charge in [-0.25, -0.2) is 0 Å². The Kier molecular flexibility index (Phi) is 8.13. The van der Waals surface area contributed by atoms with E-state index in [1.165, 1.54) is 77.9 Å². The number of benzene rings is 9. The van der Waals surface area contributed by atoms with E-state index in [4.69, 9.17) is 0 Å². The van der Waals surface area contributed by atoms with Crippen LogP contribution in [0.3, 0.4) is 0 Å². The Labute approximate surface area is 347 Å². The van der Waals surface area contributed by atoms with Crippen molar-refractivity contribution in [2.24, 2.45) is 0 Å². The predicted molar refractivity (Wildman–Crippen MR) is 247 cm³/mol. The Morgan fingerprint density at radius 1 is 0.271 bits per heavy atom. The lowest BCUT2D eigenvalue weighted by Gasteiger charge is -2.32. The lowest BCUT2D eigenvalue weighted by Crippen LogP contribution is -2.23. The molecule has 0 spiro atoms. The zero-order chi connectivity index (χ0) is 39.6. The Balaban J connectivity index is 1.18. The van der Waals surface area contributed by atoms with E-state index >= 15 is 0 Å². The summed E-state index contributed by atoms with van der Waals surface area (Å²) in [5, 5.41) is 0. The van der Waals surface area contributed by atoms with E-state index in [9.17, 15) is 0 Å². The van der Waals surface area contributed by atoms with Gasteiger partial charge in [-0.15, -0.1) is 0 Å². The van der Waals surface area contributed by atoms with Gasteiger partial charge in [0.1, 0.15) is 0 Å². The number of nitrogens with zero attached hydrogens (tertiary/aromatic N) is 1. The normalized spacial score (nSPS) is 17.1. The second-order valence-corrected chi connectivity index (χ2v) is 16.4. The van der Waals surface area contributed by atoms with Crippen LogP contribution >= 0.6 is 0 Å². The Morgan fingerprint density at radius 3 is 1.24 bits per heavy atom. The highest BCUT2D eigenvalue weighted by molar-refractivity contribution is 5.92. The van der Waals surface area contributed by atoms with Gasteiger partial charge in [-0.3, -0.25) is 0 Å². The van der Waals surface area contributed by atoms with E-state index in [1.54, 1.807) is 0 Å². The van der Waals surface area contributed by atoms with E-state index < -0.39 is 0 Å². The molecule has 0 saturated heterocycles. The van der Waals surface area contributed by atoms with Gasteiger partial charge in [-0.2, -0.15) is 0 Å². The lowest BCUT2D eigenvalue weighted by atomic mass is 9.74. The number of hydrogen-bond acceptors (Lipinski definition) is 1. The summed E-state index contributed by atoms with van der Waals surface area (Å²) in [6.07, 6.45) is 0. The first-order chi connectivity index (χ1) is 29.0. The largest absolute Gasteiger partial charge is 0.310 e. The molecule has 9 aromatic carbocycles. The smallest absolute Gasteiger partial charge is 0.0473 e. The molecule has 0 bridgehead atoms. The molecule has 0 N–H and O–H groups in total. The molecule has 2 aliphatic carbocycles. The molecule has 2 unspecified atom stereocenters. The molecule has 11 rings (SSSR count). The summed E-state index contributed by atoms with van der Waals surface area (Å²) in [6.45, 7) is 4.80. The molecule has 0 saturated carbocycles. The van der Waals surface area contributed by atoms with E-state index in [0.29, 0.717) is 0 Å². The predicted octanol–water partition coefficient (Wildman–Crippen LogP) is 15.2. The molecule has 2 aliphatic rings. The molecule has 59 heavy (non-hydrogen) atoms. The molecule has 2 atom stereocenters. The molecule has 0 heterocycles. The van der Waals surface area contributed by atoms with Gasteiger partial charge in [-0.05, 0) is 134 Å². The van der Waals surface area contributed by atoms with Gasteiger partial charge in [0, 0.05) is 27.9 Å². The first kappa shape index (κ1) is 35.0. The standard InChI is InChI=1S/C58H43N/c1-57(44-23-11-5-12-24-44)54-30-18-16-28-50(54)52-38-46(32-34-55(52)57)59(48-36-42(40-19-7-3-8-20-40)35-43(37-48)41-21-9-4-10-22-41)47-31-33-51-49-27-15-17-29-53(49)58(2,56(51)39-47)45-25-13-6-14-26-45/h3-39H,1-2H3. The van der Waals surface area contributed by atoms with Crippen molar-refractivity contribution in [3.05, 3.63) is 258 Å². The van der Waals surface area contributed by atoms with Gasteiger partial charge < -0.3 is 4.90 Å². The maximum Gasteiger partial charge on any atom is 0.0473 e. The van der Waals surface area contributed by atoms with E-state index in [1.807, 2.05) is 0 Å². The van der Waals surface area contributed by atoms with Crippen molar-refractivity contribution in [2.45, 2.75) is 24.7 Å². The van der Waals surface area contributed by atoms with Crippen LogP contribution in [0.15, 0.2) is 224 Å². The maximum absolute atomic E-state index is 2.49. The lowest BCUT2D eigenvalue weighted by molar-refractivity contribution is 0.713. The van der Waals surface area contributed by atoms with Crippen LogP contribution in [-0.2, 0) is 10.8 Å². The molecular weight excluding hydrogens is 711 g/mol. The average molecular weight is 754 g/mol. The Hall–Kier alpha value is -7.22. The van der Waals surface area contributed by atoms with E-state index in [2.05, 4.69) is 243 Å². The highest BCUT2D eigenvalue weighted by Crippen LogP contribution is 2.56. The Morgan fingerprint density at radius 2 is 0.678 bits per heavy atom. The SMILES string of the molecule is CC1(c2ccccc2)c2ccccc2-c2cc(N(c3cc(-c4ccccc4)cc(-c4ccccc4)c3)c3ccc4c(c3)C(C)(c3ccccc3)c3ccccc3-4)ccc21. The van der Waals surface area contributed by atoms with Gasteiger partial charge in [-0.1, -0.05) is 182 Å². The van der Waals surface area contributed by atoms with Crippen LogP contribution in [0.25, 0.3) is 44.5 Å². The van der Waals surface area contributed by atoms with Crippen molar-refractivity contribution < 1.29 is 0 Å². The fourth-order valence-corrected chi connectivity index (χ4v) is 10.2. The molecular formula is C58H43N. The number of anilines is 3. The second kappa shape index (κ2) is 13.7. The van der Waals surface area contributed by atoms with Gasteiger partial charge >= 0.3 is 0 Å². The monoisotopic (exact) mass is 753 g/mol. The molecule has 0 amide bonds. The van der Waals surface area contributed by atoms with Crippen LogP contribution in [0.2, 0.25) is 0 Å². The average Bonchev–Trinajstić information content (AvgIpc) is 3.73. The van der Waals surface area contributed by atoms with Crippen molar-refractivity contribution in [3.63, 3.8) is 0 Å². The van der Waals surface area contributed by atoms with Crippen molar-refractivity contribution in [2.75, 3.05) is 4.90 Å². The first-order valence-corrected chi connectivity index (χ1v) is 20.7. The third kappa shape index (κ3) is 5.46. The third-order valence-electron chi connectivity index (χ3n) is 13.2. The first-order valence-electron chi connectivity index (χ1n) is 20.7. The summed E-state index contributed by atoms with van der Waals surface area (Å²) < 4.78 is 0. The molecule has 280 valence electrons. The van der Waals surface area contributed by atoms with Gasteiger partial charge in [0.2, 0.25) is 0 Å². The second-order valence-electron chi connectivity index (χ2n) is 16.4. The molecule has 0 aromatic heterocycles. The van der Waals surface area contributed by atoms with Crippen molar-refractivity contribution in [3.8, 4) is 44.5 Å². The minimum atomic E-state index is -0.329. The van der Waals surface area contributed by atoms with Gasteiger partial charge in [0.15, 0.2) is 0 Å². The fraction of sp³-hybridized carbons (Fsp3) is 0.0690. The van der Waals surface area contributed by atoms with Crippen LogP contribution in [0.4, 0.5) is 17.1 Å². The zero-order valence-electron chi connectivity index (χ0n) is 33.3. The summed E-state index contributed by atoms with van der Waals surface area (Å²) in [5.74, 6) is 0. The fourth-order valence-electron chi connectivity index (χ4n) is 10.2. The topological polar surface area (TPSA) is 3.24 Å². The van der Waals surface area contributed by atoms with Gasteiger partial charge in [0.05, 0.1) is 0 Å². The zero-order valence-corrected chi connectivity index (χ0v) is 33.3. The van der Waals surface area contributed by atoms with Crippen LogP contribution < -0.4 is 4.90 Å². The number of rotatable bonds is 7. The van der Waals surface area contributed by atoms with Crippen molar-refractivity contribution in [1.82, 2.24) is 0 Å². The molecule has 1 heteroatoms. The van der Waals surface area contributed by atoms with E-state index in [0.717, 1.165) is 17.1 Å². The molecule has 0 aliphatic heterocycles. The number of fused-ring (bicyclic) bond motifs is 6. The van der Waals surface area contributed by atoms with Crippen LogP contribution in [0.5, 0.6) is 0 Å². The quantitative estimate of drug-likeness (QED) is 0.157. The summed E-state index contributed by atoms with van der Waals surface area (Å²) in [5.41, 5.74) is 20.6. The van der Waals surface area contributed by atoms with Crippen LogP contribution in [0.1, 0.15) is 47.2 Å². The van der Waals surface area contributed by atoms with Crippen molar-refractivity contribution in [1.29, 1.82) is 0 Å². The third-order valence-corrected chi connectivity index (χ3v) is 13.2. The summed E-state index contributed by atoms with van der Waals surface area (Å²) in [7, 11) is 0. The Bertz CT molecular complexity index is 2950. The van der Waals surface area contributed by atoms with Gasteiger partial charge in [0.25, 0.3) is 0 Å². The minimum absolute atomic E-state index is 0.277. The minimum Gasteiger partial charge on any atom is -0.310 e. The number of hydrogen-bond donors (Lipinski definition) is 0. The molecule has 9 aromatic rings. The highest BCUT2D eigenvalue weighted by Gasteiger charge is 2.42. The van der Waals surface area contributed by atoms with Crippen LogP contribution in [0, 0.1) is 0 Å². The molecule has 0 fully saturated rings. The highest BCUT2D eigenvalue weighted by atomic mass is 15.1. The summed E-state index contributed by atoms with van der Waals surface area (Å²) >= 11 is 0. The van der Waals surface area contributed by atoms with Crippen molar-refractivity contribution >= 4 is 17.1 Å². The molecule has 0 radical (unpaired) electrons. The molecule has 1 nitrogen and oxygen atoms in total. The summed E-state index contributed by atoms with van der Waals surface area (Å²) in [6, 6.07) is 83.0. The maximum atomic E-state index is 2.49. The van der Waals surface area contributed by atoms with Crippen LogP contribution in [-0.4, -0.2) is 0 Å². The summed E-state index contributed by atoms with van der Waals surface area (Å²) in [4.78, 5) is 2.49. The van der Waals surface area contributed by atoms with E-state index in [-0.39, 0.29) is 10.8 Å².